The first-order valence-corrected chi connectivity index (χ1v) is 7.96. The fourth-order valence-corrected chi connectivity index (χ4v) is 4.10. The van der Waals surface area contributed by atoms with Gasteiger partial charge in [-0.25, -0.2) is 4.39 Å². The Balaban J connectivity index is 1.91. The first-order valence-electron chi connectivity index (χ1n) is 7.96. The molecular formula is C17H25FN2. The lowest BCUT2D eigenvalue weighted by Gasteiger charge is -2.40. The maximum absolute atomic E-state index is 13.6. The molecule has 0 spiro atoms. The third-order valence-corrected chi connectivity index (χ3v) is 4.89. The summed E-state index contributed by atoms with van der Waals surface area (Å²) in [7, 11) is 0. The van der Waals surface area contributed by atoms with Crippen LogP contribution < -0.4 is 10.6 Å². The van der Waals surface area contributed by atoms with Gasteiger partial charge in [-0.2, -0.15) is 0 Å². The summed E-state index contributed by atoms with van der Waals surface area (Å²) in [4.78, 5) is 2.54. The second-order valence-corrected chi connectivity index (χ2v) is 6.55. The molecule has 110 valence electrons. The quantitative estimate of drug-likeness (QED) is 0.915. The molecule has 20 heavy (non-hydrogen) atoms. The predicted molar refractivity (Wildman–Crippen MR) is 81.5 cm³/mol. The third kappa shape index (κ3) is 2.69. The van der Waals surface area contributed by atoms with Crippen molar-refractivity contribution in [1.29, 1.82) is 0 Å². The van der Waals surface area contributed by atoms with Gasteiger partial charge in [0, 0.05) is 24.3 Å². The monoisotopic (exact) mass is 276 g/mol. The molecule has 3 unspecified atom stereocenters. The molecule has 1 aromatic rings. The highest BCUT2D eigenvalue weighted by atomic mass is 19.1. The van der Waals surface area contributed by atoms with Crippen molar-refractivity contribution in [3.8, 4) is 0 Å². The van der Waals surface area contributed by atoms with E-state index >= 15 is 0 Å². The fourth-order valence-electron chi connectivity index (χ4n) is 4.10. The highest BCUT2D eigenvalue weighted by molar-refractivity contribution is 5.55. The average Bonchev–Trinajstić information content (AvgIpc) is 2.86. The number of rotatable bonds is 3. The van der Waals surface area contributed by atoms with E-state index in [1.54, 1.807) is 12.1 Å². The molecule has 1 saturated heterocycles. The van der Waals surface area contributed by atoms with Crippen LogP contribution in [0.2, 0.25) is 0 Å². The van der Waals surface area contributed by atoms with Crippen LogP contribution in [0.5, 0.6) is 0 Å². The van der Waals surface area contributed by atoms with Crippen LogP contribution in [0.25, 0.3) is 0 Å². The zero-order valence-corrected chi connectivity index (χ0v) is 12.3. The van der Waals surface area contributed by atoms with E-state index in [0.717, 1.165) is 24.4 Å². The Morgan fingerprint density at radius 2 is 2.10 bits per heavy atom. The molecule has 0 amide bonds. The minimum absolute atomic E-state index is 0.0692. The normalized spacial score (nSPS) is 27.4. The molecule has 2 nitrogen and oxygen atoms in total. The summed E-state index contributed by atoms with van der Waals surface area (Å²) < 4.78 is 13.6. The number of nitrogens with two attached hydrogens (primary N) is 1. The lowest BCUT2D eigenvalue weighted by atomic mass is 9.90. The Morgan fingerprint density at radius 1 is 1.30 bits per heavy atom. The summed E-state index contributed by atoms with van der Waals surface area (Å²) in [6.07, 6.45) is 7.38. The summed E-state index contributed by atoms with van der Waals surface area (Å²) in [6.45, 7) is 3.10. The van der Waals surface area contributed by atoms with Gasteiger partial charge in [0.05, 0.1) is 0 Å². The molecule has 3 rings (SSSR count). The van der Waals surface area contributed by atoms with Crippen LogP contribution >= 0.6 is 0 Å². The molecule has 1 aliphatic heterocycles. The van der Waals surface area contributed by atoms with E-state index < -0.39 is 0 Å². The number of hydrogen-bond acceptors (Lipinski definition) is 2. The van der Waals surface area contributed by atoms with Gasteiger partial charge in [-0.15, -0.1) is 0 Å². The van der Waals surface area contributed by atoms with Crippen molar-refractivity contribution < 1.29 is 4.39 Å². The largest absolute Gasteiger partial charge is 0.368 e. The van der Waals surface area contributed by atoms with Crippen LogP contribution in [0.1, 0.15) is 44.6 Å². The van der Waals surface area contributed by atoms with Gasteiger partial charge in [0.2, 0.25) is 0 Å². The molecule has 3 atom stereocenters. The number of hydrogen-bond donors (Lipinski definition) is 1. The molecule has 2 N–H and O–H groups in total. The van der Waals surface area contributed by atoms with Crippen molar-refractivity contribution in [3.63, 3.8) is 0 Å². The van der Waals surface area contributed by atoms with Crippen molar-refractivity contribution in [3.05, 3.63) is 29.6 Å². The molecule has 1 aromatic carbocycles. The molecule has 2 aliphatic rings. The number of anilines is 1. The molecular weight excluding hydrogens is 251 g/mol. The Hall–Kier alpha value is -1.09. The predicted octanol–water partition coefficient (Wildman–Crippen LogP) is 3.48. The minimum atomic E-state index is -0.149. The molecule has 2 fully saturated rings. The van der Waals surface area contributed by atoms with E-state index in [1.807, 2.05) is 13.0 Å². The SMILES string of the molecule is CC(N)Cc1cc(F)ccc1N1CCCC2CCCC21. The molecule has 0 aromatic heterocycles. The van der Waals surface area contributed by atoms with Gasteiger partial charge >= 0.3 is 0 Å². The van der Waals surface area contributed by atoms with Crippen molar-refractivity contribution in [2.45, 2.75) is 57.5 Å². The topological polar surface area (TPSA) is 29.3 Å². The van der Waals surface area contributed by atoms with Crippen molar-refractivity contribution in [2.24, 2.45) is 11.7 Å². The summed E-state index contributed by atoms with van der Waals surface area (Å²) in [5.41, 5.74) is 8.24. The number of fused-ring (bicyclic) bond motifs is 1. The van der Waals surface area contributed by atoms with E-state index in [0.29, 0.717) is 6.04 Å². The van der Waals surface area contributed by atoms with Gasteiger partial charge in [0.1, 0.15) is 5.82 Å². The van der Waals surface area contributed by atoms with E-state index in [9.17, 15) is 4.39 Å². The van der Waals surface area contributed by atoms with Crippen molar-refractivity contribution in [1.82, 2.24) is 0 Å². The van der Waals surface area contributed by atoms with Crippen molar-refractivity contribution >= 4 is 5.69 Å². The van der Waals surface area contributed by atoms with E-state index in [2.05, 4.69) is 4.90 Å². The molecule has 0 bridgehead atoms. The van der Waals surface area contributed by atoms with Gasteiger partial charge in [0.15, 0.2) is 0 Å². The molecule has 1 heterocycles. The van der Waals surface area contributed by atoms with Gasteiger partial charge in [-0.1, -0.05) is 6.42 Å². The van der Waals surface area contributed by atoms with Crippen LogP contribution in [0, 0.1) is 11.7 Å². The van der Waals surface area contributed by atoms with Gasteiger partial charge in [0.25, 0.3) is 0 Å². The molecule has 3 heteroatoms. The van der Waals surface area contributed by atoms with E-state index in [4.69, 9.17) is 5.73 Å². The Bertz CT molecular complexity index is 472. The lowest BCUT2D eigenvalue weighted by molar-refractivity contribution is 0.362. The van der Waals surface area contributed by atoms with Crippen LogP contribution in [0.4, 0.5) is 10.1 Å². The third-order valence-electron chi connectivity index (χ3n) is 4.89. The van der Waals surface area contributed by atoms with E-state index in [-0.39, 0.29) is 11.9 Å². The van der Waals surface area contributed by atoms with Gasteiger partial charge in [-0.3, -0.25) is 0 Å². The highest BCUT2D eigenvalue weighted by Gasteiger charge is 2.35. The average molecular weight is 276 g/mol. The Morgan fingerprint density at radius 3 is 2.90 bits per heavy atom. The Labute approximate surface area is 121 Å². The van der Waals surface area contributed by atoms with Crippen LogP contribution in [0.15, 0.2) is 18.2 Å². The van der Waals surface area contributed by atoms with Gasteiger partial charge < -0.3 is 10.6 Å². The molecule has 1 aliphatic carbocycles. The smallest absolute Gasteiger partial charge is 0.123 e. The first-order chi connectivity index (χ1) is 9.65. The summed E-state index contributed by atoms with van der Waals surface area (Å²) in [5, 5.41) is 0. The summed E-state index contributed by atoms with van der Waals surface area (Å²) >= 11 is 0. The number of piperidine rings is 1. The van der Waals surface area contributed by atoms with Crippen LogP contribution in [0.3, 0.4) is 0 Å². The van der Waals surface area contributed by atoms with Crippen molar-refractivity contribution in [2.75, 3.05) is 11.4 Å². The minimum Gasteiger partial charge on any atom is -0.368 e. The standard InChI is InChI=1S/C17H25FN2/c1-12(19)10-14-11-15(18)7-8-17(14)20-9-3-5-13-4-2-6-16(13)20/h7-8,11-13,16H,2-6,9-10,19H2,1H3. The summed E-state index contributed by atoms with van der Waals surface area (Å²) in [6, 6.07) is 5.98. The number of halogens is 1. The molecule has 0 radical (unpaired) electrons. The summed E-state index contributed by atoms with van der Waals surface area (Å²) in [5.74, 6) is 0.696. The maximum Gasteiger partial charge on any atom is 0.123 e. The van der Waals surface area contributed by atoms with Crippen LogP contribution in [-0.4, -0.2) is 18.6 Å². The molecule has 1 saturated carbocycles. The highest BCUT2D eigenvalue weighted by Crippen LogP contribution is 2.40. The number of nitrogens with zero attached hydrogens (tertiary/aromatic N) is 1. The van der Waals surface area contributed by atoms with Gasteiger partial charge in [-0.05, 0) is 68.7 Å². The zero-order valence-electron chi connectivity index (χ0n) is 12.3. The first kappa shape index (κ1) is 13.9. The number of benzene rings is 1. The zero-order chi connectivity index (χ0) is 14.1. The van der Waals surface area contributed by atoms with Crippen LogP contribution in [-0.2, 0) is 6.42 Å². The maximum atomic E-state index is 13.6. The fraction of sp³-hybridized carbons (Fsp3) is 0.647. The second kappa shape index (κ2) is 5.72. The Kier molecular flexibility index (Phi) is 3.97. The van der Waals surface area contributed by atoms with E-state index in [1.165, 1.54) is 37.8 Å². The lowest BCUT2D eigenvalue weighted by Crippen LogP contribution is -2.43. The second-order valence-electron chi connectivity index (χ2n) is 6.55.